The van der Waals surface area contributed by atoms with Crippen LogP contribution in [-0.4, -0.2) is 35.1 Å². The van der Waals surface area contributed by atoms with Crippen molar-refractivity contribution in [1.82, 2.24) is 15.0 Å². The summed E-state index contributed by atoms with van der Waals surface area (Å²) in [6.07, 6.45) is 0. The van der Waals surface area contributed by atoms with Crippen molar-refractivity contribution in [3.8, 4) is 28.3 Å². The topological polar surface area (TPSA) is 68.5 Å². The Morgan fingerprint density at radius 2 is 1.53 bits per heavy atom. The number of nitrogens with zero attached hydrogens (tertiary/aromatic N) is 3. The van der Waals surface area contributed by atoms with E-state index in [4.69, 9.17) is 9.26 Å². The number of amides is 1. The van der Waals surface area contributed by atoms with Crippen molar-refractivity contribution >= 4 is 5.91 Å². The second-order valence-electron chi connectivity index (χ2n) is 6.84. The van der Waals surface area contributed by atoms with Gasteiger partial charge in [0, 0.05) is 18.2 Å². The minimum absolute atomic E-state index is 0.112. The van der Waals surface area contributed by atoms with Crippen LogP contribution in [0.25, 0.3) is 22.5 Å². The molecule has 0 atom stereocenters. The highest BCUT2D eigenvalue weighted by Gasteiger charge is 2.16. The SMILES string of the molecule is COc1ccc(-c2noc(CN(C)C(=O)c3ccc(-c4ccccc4)cc3)n2)cc1. The van der Waals surface area contributed by atoms with Crippen molar-refractivity contribution in [2.45, 2.75) is 6.54 Å². The highest BCUT2D eigenvalue weighted by molar-refractivity contribution is 5.94. The smallest absolute Gasteiger partial charge is 0.254 e. The van der Waals surface area contributed by atoms with Gasteiger partial charge in [-0.15, -0.1) is 0 Å². The first-order chi connectivity index (χ1) is 14.6. The maximum atomic E-state index is 12.8. The number of methoxy groups -OCH3 is 1. The third kappa shape index (κ3) is 4.22. The second-order valence-corrected chi connectivity index (χ2v) is 6.84. The molecule has 6 nitrogen and oxygen atoms in total. The summed E-state index contributed by atoms with van der Waals surface area (Å²) < 4.78 is 10.5. The normalized spacial score (nSPS) is 10.6. The Kier molecular flexibility index (Phi) is 5.57. The zero-order valence-electron chi connectivity index (χ0n) is 16.8. The van der Waals surface area contributed by atoms with Crippen LogP contribution < -0.4 is 4.74 Å². The van der Waals surface area contributed by atoms with Gasteiger partial charge in [-0.3, -0.25) is 4.79 Å². The number of hydrogen-bond acceptors (Lipinski definition) is 5. The zero-order valence-corrected chi connectivity index (χ0v) is 16.8. The molecule has 0 N–H and O–H groups in total. The summed E-state index contributed by atoms with van der Waals surface area (Å²) in [7, 11) is 3.33. The van der Waals surface area contributed by atoms with Gasteiger partial charge in [-0.1, -0.05) is 47.6 Å². The Morgan fingerprint density at radius 1 is 0.900 bits per heavy atom. The van der Waals surface area contributed by atoms with E-state index in [9.17, 15) is 4.79 Å². The molecule has 0 radical (unpaired) electrons. The lowest BCUT2D eigenvalue weighted by atomic mass is 10.0. The van der Waals surface area contributed by atoms with Gasteiger partial charge in [-0.25, -0.2) is 0 Å². The summed E-state index contributed by atoms with van der Waals surface area (Å²) in [5.74, 6) is 1.49. The van der Waals surface area contributed by atoms with Gasteiger partial charge in [-0.05, 0) is 47.5 Å². The summed E-state index contributed by atoms with van der Waals surface area (Å²) in [6, 6.07) is 25.0. The third-order valence-electron chi connectivity index (χ3n) is 4.77. The Balaban J connectivity index is 1.43. The number of ether oxygens (including phenoxy) is 1. The van der Waals surface area contributed by atoms with E-state index in [1.54, 1.807) is 19.1 Å². The van der Waals surface area contributed by atoms with Crippen LogP contribution in [0.1, 0.15) is 16.2 Å². The van der Waals surface area contributed by atoms with Crippen LogP contribution >= 0.6 is 0 Å². The van der Waals surface area contributed by atoms with Crippen molar-refractivity contribution in [3.05, 3.63) is 90.3 Å². The molecule has 3 aromatic carbocycles. The van der Waals surface area contributed by atoms with Crippen LogP contribution in [0.4, 0.5) is 0 Å². The monoisotopic (exact) mass is 399 g/mol. The van der Waals surface area contributed by atoms with Crippen molar-refractivity contribution < 1.29 is 14.1 Å². The fraction of sp³-hybridized carbons (Fsp3) is 0.125. The molecule has 0 fully saturated rings. The van der Waals surface area contributed by atoms with Crippen LogP contribution in [0, 0.1) is 0 Å². The van der Waals surface area contributed by atoms with Gasteiger partial charge in [0.2, 0.25) is 11.7 Å². The Bertz CT molecular complexity index is 1120. The fourth-order valence-corrected chi connectivity index (χ4v) is 3.11. The Morgan fingerprint density at radius 3 is 2.20 bits per heavy atom. The van der Waals surface area contributed by atoms with E-state index in [-0.39, 0.29) is 12.5 Å². The molecule has 1 aromatic heterocycles. The van der Waals surface area contributed by atoms with Crippen molar-refractivity contribution in [2.24, 2.45) is 0 Å². The lowest BCUT2D eigenvalue weighted by Crippen LogP contribution is -2.26. The predicted molar refractivity (Wildman–Crippen MR) is 114 cm³/mol. The molecular formula is C24H21N3O3. The molecule has 150 valence electrons. The van der Waals surface area contributed by atoms with E-state index in [0.717, 1.165) is 22.4 Å². The van der Waals surface area contributed by atoms with Gasteiger partial charge in [0.15, 0.2) is 0 Å². The van der Waals surface area contributed by atoms with Crippen molar-refractivity contribution in [3.63, 3.8) is 0 Å². The molecular weight excluding hydrogens is 378 g/mol. The molecule has 0 bridgehead atoms. The average Bonchev–Trinajstić information content (AvgIpc) is 3.27. The number of aromatic nitrogens is 2. The number of carbonyl (C=O) groups excluding carboxylic acids is 1. The van der Waals surface area contributed by atoms with Crippen molar-refractivity contribution in [2.75, 3.05) is 14.2 Å². The summed E-state index contributed by atoms with van der Waals surface area (Å²) in [6.45, 7) is 0.225. The van der Waals surface area contributed by atoms with Crippen LogP contribution in [0.15, 0.2) is 83.4 Å². The van der Waals surface area contributed by atoms with E-state index < -0.39 is 0 Å². The number of rotatable bonds is 6. The molecule has 0 aliphatic rings. The van der Waals surface area contributed by atoms with Gasteiger partial charge < -0.3 is 14.2 Å². The van der Waals surface area contributed by atoms with Gasteiger partial charge in [0.25, 0.3) is 5.91 Å². The molecule has 0 aliphatic carbocycles. The summed E-state index contributed by atoms with van der Waals surface area (Å²) in [4.78, 5) is 18.7. The second kappa shape index (κ2) is 8.61. The summed E-state index contributed by atoms with van der Waals surface area (Å²) >= 11 is 0. The number of benzene rings is 3. The zero-order chi connectivity index (χ0) is 20.9. The lowest BCUT2D eigenvalue weighted by Gasteiger charge is -2.15. The first-order valence-corrected chi connectivity index (χ1v) is 9.52. The first kappa shape index (κ1) is 19.4. The Labute approximate surface area is 174 Å². The van der Waals surface area contributed by atoms with Gasteiger partial charge in [0.05, 0.1) is 13.7 Å². The van der Waals surface area contributed by atoms with Gasteiger partial charge in [-0.2, -0.15) is 4.98 Å². The molecule has 1 amide bonds. The number of carbonyl (C=O) groups is 1. The molecule has 4 rings (SSSR count). The first-order valence-electron chi connectivity index (χ1n) is 9.52. The lowest BCUT2D eigenvalue weighted by molar-refractivity contribution is 0.0769. The van der Waals surface area contributed by atoms with E-state index in [2.05, 4.69) is 10.1 Å². The van der Waals surface area contributed by atoms with Crippen LogP contribution in [0.3, 0.4) is 0 Å². The van der Waals surface area contributed by atoms with Crippen LogP contribution in [-0.2, 0) is 6.54 Å². The predicted octanol–water partition coefficient (Wildman–Crippen LogP) is 4.68. The van der Waals surface area contributed by atoms with Crippen LogP contribution in [0.5, 0.6) is 5.75 Å². The van der Waals surface area contributed by atoms with E-state index in [1.165, 1.54) is 0 Å². The van der Waals surface area contributed by atoms with E-state index in [0.29, 0.717) is 17.3 Å². The van der Waals surface area contributed by atoms with Crippen LogP contribution in [0.2, 0.25) is 0 Å². The van der Waals surface area contributed by atoms with Gasteiger partial charge in [0.1, 0.15) is 5.75 Å². The molecule has 0 saturated carbocycles. The molecule has 0 aliphatic heterocycles. The highest BCUT2D eigenvalue weighted by atomic mass is 16.5. The molecule has 6 heteroatoms. The standard InChI is InChI=1S/C24H21N3O3/c1-27(16-22-25-23(26-30-22)19-12-14-21(29-2)15-13-19)24(28)20-10-8-18(9-11-20)17-6-4-3-5-7-17/h3-15H,16H2,1-2H3. The number of hydrogen-bond donors (Lipinski definition) is 0. The molecule has 0 spiro atoms. The summed E-state index contributed by atoms with van der Waals surface area (Å²) in [5, 5.41) is 4.01. The molecule has 4 aromatic rings. The summed E-state index contributed by atoms with van der Waals surface area (Å²) in [5.41, 5.74) is 3.60. The molecule has 1 heterocycles. The minimum Gasteiger partial charge on any atom is -0.497 e. The minimum atomic E-state index is -0.112. The molecule has 0 saturated heterocycles. The fourth-order valence-electron chi connectivity index (χ4n) is 3.11. The quantitative estimate of drug-likeness (QED) is 0.471. The molecule has 0 unspecified atom stereocenters. The maximum Gasteiger partial charge on any atom is 0.254 e. The average molecular weight is 399 g/mol. The largest absolute Gasteiger partial charge is 0.497 e. The molecule has 30 heavy (non-hydrogen) atoms. The van der Waals surface area contributed by atoms with E-state index >= 15 is 0 Å². The highest BCUT2D eigenvalue weighted by Crippen LogP contribution is 2.21. The maximum absolute atomic E-state index is 12.8. The van der Waals surface area contributed by atoms with Crippen molar-refractivity contribution in [1.29, 1.82) is 0 Å². The third-order valence-corrected chi connectivity index (χ3v) is 4.77. The van der Waals surface area contributed by atoms with Gasteiger partial charge >= 0.3 is 0 Å². The van der Waals surface area contributed by atoms with E-state index in [1.807, 2.05) is 78.9 Å². The Hall–Kier alpha value is -3.93.